The first kappa shape index (κ1) is 13.6. The van der Waals surface area contributed by atoms with Crippen molar-refractivity contribution in [1.29, 1.82) is 5.26 Å². The number of anilines is 1. The molecule has 0 aliphatic carbocycles. The van der Waals surface area contributed by atoms with Gasteiger partial charge in [0.15, 0.2) is 0 Å². The molecular weight excluding hydrogens is 278 g/mol. The second kappa shape index (κ2) is 5.94. The van der Waals surface area contributed by atoms with Crippen molar-refractivity contribution in [2.24, 2.45) is 0 Å². The maximum absolute atomic E-state index is 9.30. The molecule has 21 heavy (non-hydrogen) atoms. The van der Waals surface area contributed by atoms with Crippen LogP contribution in [0.4, 0.5) is 5.82 Å². The van der Waals surface area contributed by atoms with Gasteiger partial charge in [-0.3, -0.25) is 0 Å². The average molecular weight is 293 g/mol. The van der Waals surface area contributed by atoms with Crippen molar-refractivity contribution in [3.8, 4) is 6.07 Å². The monoisotopic (exact) mass is 293 g/mol. The Labute approximate surface area is 127 Å². The molecule has 3 nitrogen and oxygen atoms in total. The summed E-state index contributed by atoms with van der Waals surface area (Å²) < 4.78 is 0. The van der Waals surface area contributed by atoms with Crippen molar-refractivity contribution in [1.82, 2.24) is 4.98 Å². The predicted octanol–water partition coefficient (Wildman–Crippen LogP) is 4.21. The Morgan fingerprint density at radius 3 is 2.90 bits per heavy atom. The van der Waals surface area contributed by atoms with Crippen LogP contribution in [-0.4, -0.2) is 11.0 Å². The van der Waals surface area contributed by atoms with Crippen LogP contribution < -0.4 is 5.32 Å². The molecule has 3 aromatic rings. The first-order valence-electron chi connectivity index (χ1n) is 6.85. The third kappa shape index (κ3) is 3.04. The number of nitriles is 1. The van der Waals surface area contributed by atoms with E-state index in [0.29, 0.717) is 5.56 Å². The molecule has 0 fully saturated rings. The van der Waals surface area contributed by atoms with Crippen molar-refractivity contribution in [2.45, 2.75) is 19.4 Å². The normalized spacial score (nSPS) is 12.0. The molecule has 0 aliphatic heterocycles. The van der Waals surface area contributed by atoms with E-state index in [1.54, 1.807) is 11.3 Å². The van der Waals surface area contributed by atoms with Gasteiger partial charge in [0.1, 0.15) is 5.82 Å². The molecule has 1 N–H and O–H groups in total. The van der Waals surface area contributed by atoms with Crippen LogP contribution in [0, 0.1) is 11.3 Å². The fourth-order valence-corrected chi connectivity index (χ4v) is 3.21. The number of thiophene rings is 1. The van der Waals surface area contributed by atoms with Crippen molar-refractivity contribution < 1.29 is 0 Å². The Kier molecular flexibility index (Phi) is 3.85. The number of pyridine rings is 1. The van der Waals surface area contributed by atoms with Crippen LogP contribution in [0.2, 0.25) is 0 Å². The van der Waals surface area contributed by atoms with Crippen molar-refractivity contribution >= 4 is 28.1 Å². The zero-order chi connectivity index (χ0) is 14.7. The lowest BCUT2D eigenvalue weighted by Crippen LogP contribution is -2.18. The second-order valence-corrected chi connectivity index (χ2v) is 6.05. The van der Waals surface area contributed by atoms with E-state index in [4.69, 9.17) is 0 Å². The van der Waals surface area contributed by atoms with E-state index in [9.17, 15) is 5.26 Å². The van der Waals surface area contributed by atoms with E-state index in [1.807, 2.05) is 30.3 Å². The molecule has 0 spiro atoms. The number of hydrogen-bond acceptors (Lipinski definition) is 4. The van der Waals surface area contributed by atoms with Gasteiger partial charge in [0, 0.05) is 22.7 Å². The standard InChI is InChI=1S/C17H15N3S/c1-12(9-14-5-4-8-21-14)19-17-10-13(11-18)15-6-2-3-7-16(15)20-17/h2-8,10,12H,9H2,1H3,(H,19,20). The first-order valence-corrected chi connectivity index (χ1v) is 7.73. The zero-order valence-corrected chi connectivity index (χ0v) is 12.5. The molecule has 0 saturated heterocycles. The molecular formula is C17H15N3S. The average Bonchev–Trinajstić information content (AvgIpc) is 2.99. The van der Waals surface area contributed by atoms with Gasteiger partial charge in [-0.15, -0.1) is 11.3 Å². The van der Waals surface area contributed by atoms with E-state index in [0.717, 1.165) is 23.1 Å². The molecule has 0 radical (unpaired) electrons. The fraction of sp³-hybridized carbons (Fsp3) is 0.176. The summed E-state index contributed by atoms with van der Waals surface area (Å²) >= 11 is 1.76. The molecule has 0 saturated carbocycles. The number of fused-ring (bicyclic) bond motifs is 1. The van der Waals surface area contributed by atoms with Gasteiger partial charge in [-0.1, -0.05) is 24.3 Å². The number of benzene rings is 1. The first-order chi connectivity index (χ1) is 10.3. The van der Waals surface area contributed by atoms with Gasteiger partial charge in [-0.05, 0) is 30.5 Å². The highest BCUT2D eigenvalue weighted by Crippen LogP contribution is 2.21. The van der Waals surface area contributed by atoms with Crippen molar-refractivity contribution in [3.05, 3.63) is 58.3 Å². The number of rotatable bonds is 4. The second-order valence-electron chi connectivity index (χ2n) is 5.01. The number of aromatic nitrogens is 1. The summed E-state index contributed by atoms with van der Waals surface area (Å²) in [6.45, 7) is 2.13. The van der Waals surface area contributed by atoms with Gasteiger partial charge in [-0.25, -0.2) is 4.98 Å². The molecule has 2 aromatic heterocycles. The number of nitrogens with one attached hydrogen (secondary N) is 1. The maximum atomic E-state index is 9.30. The Hall–Kier alpha value is -2.38. The number of para-hydroxylation sites is 1. The topological polar surface area (TPSA) is 48.7 Å². The highest BCUT2D eigenvalue weighted by Gasteiger charge is 2.09. The number of hydrogen-bond donors (Lipinski definition) is 1. The predicted molar refractivity (Wildman–Crippen MR) is 87.6 cm³/mol. The summed E-state index contributed by atoms with van der Waals surface area (Å²) in [6.07, 6.45) is 0.952. The van der Waals surface area contributed by atoms with Crippen LogP contribution >= 0.6 is 11.3 Å². The fourth-order valence-electron chi connectivity index (χ4n) is 2.38. The largest absolute Gasteiger partial charge is 0.367 e. The Morgan fingerprint density at radius 2 is 2.14 bits per heavy atom. The van der Waals surface area contributed by atoms with Crippen LogP contribution in [0.3, 0.4) is 0 Å². The molecule has 0 bridgehead atoms. The van der Waals surface area contributed by atoms with Crippen molar-refractivity contribution in [2.75, 3.05) is 5.32 Å². The maximum Gasteiger partial charge on any atom is 0.128 e. The molecule has 3 rings (SSSR count). The van der Waals surface area contributed by atoms with E-state index in [-0.39, 0.29) is 6.04 Å². The third-order valence-corrected chi connectivity index (χ3v) is 4.22. The van der Waals surface area contributed by atoms with E-state index in [2.05, 4.69) is 40.8 Å². The Bertz CT molecular complexity index is 787. The number of nitrogens with zero attached hydrogens (tertiary/aromatic N) is 2. The Balaban J connectivity index is 1.85. The Morgan fingerprint density at radius 1 is 1.29 bits per heavy atom. The minimum Gasteiger partial charge on any atom is -0.367 e. The smallest absolute Gasteiger partial charge is 0.128 e. The summed E-state index contributed by atoms with van der Waals surface area (Å²) in [5.41, 5.74) is 1.51. The third-order valence-electron chi connectivity index (χ3n) is 3.32. The van der Waals surface area contributed by atoms with Gasteiger partial charge in [0.25, 0.3) is 0 Å². The molecule has 2 heterocycles. The summed E-state index contributed by atoms with van der Waals surface area (Å²) in [7, 11) is 0. The molecule has 0 amide bonds. The SMILES string of the molecule is CC(Cc1cccs1)Nc1cc(C#N)c2ccccc2n1. The highest BCUT2D eigenvalue weighted by atomic mass is 32.1. The van der Waals surface area contributed by atoms with Gasteiger partial charge < -0.3 is 5.32 Å². The minimum atomic E-state index is 0.267. The van der Waals surface area contributed by atoms with Crippen molar-refractivity contribution in [3.63, 3.8) is 0 Å². The summed E-state index contributed by atoms with van der Waals surface area (Å²) in [6, 6.07) is 16.3. The summed E-state index contributed by atoms with van der Waals surface area (Å²) in [4.78, 5) is 5.94. The van der Waals surface area contributed by atoms with Gasteiger partial charge in [0.2, 0.25) is 0 Å². The molecule has 104 valence electrons. The van der Waals surface area contributed by atoms with Gasteiger partial charge >= 0.3 is 0 Å². The quantitative estimate of drug-likeness (QED) is 0.784. The molecule has 4 heteroatoms. The lowest BCUT2D eigenvalue weighted by Gasteiger charge is -2.14. The van der Waals surface area contributed by atoms with Crippen LogP contribution in [0.15, 0.2) is 47.8 Å². The van der Waals surface area contributed by atoms with Crippen LogP contribution in [0.25, 0.3) is 10.9 Å². The highest BCUT2D eigenvalue weighted by molar-refractivity contribution is 7.09. The van der Waals surface area contributed by atoms with E-state index in [1.165, 1.54) is 4.88 Å². The molecule has 1 unspecified atom stereocenters. The van der Waals surface area contributed by atoms with E-state index >= 15 is 0 Å². The lowest BCUT2D eigenvalue weighted by atomic mass is 10.1. The molecule has 0 aliphatic rings. The lowest BCUT2D eigenvalue weighted by molar-refractivity contribution is 0.795. The van der Waals surface area contributed by atoms with Crippen LogP contribution in [0.5, 0.6) is 0 Å². The van der Waals surface area contributed by atoms with Crippen LogP contribution in [-0.2, 0) is 6.42 Å². The van der Waals surface area contributed by atoms with Gasteiger partial charge in [0.05, 0.1) is 17.1 Å². The minimum absolute atomic E-state index is 0.267. The van der Waals surface area contributed by atoms with Gasteiger partial charge in [-0.2, -0.15) is 5.26 Å². The molecule has 1 atom stereocenters. The molecule has 1 aromatic carbocycles. The van der Waals surface area contributed by atoms with E-state index < -0.39 is 0 Å². The zero-order valence-electron chi connectivity index (χ0n) is 11.7. The summed E-state index contributed by atoms with van der Waals surface area (Å²) in [5, 5.41) is 15.7. The van der Waals surface area contributed by atoms with Crippen LogP contribution in [0.1, 0.15) is 17.4 Å². The summed E-state index contributed by atoms with van der Waals surface area (Å²) in [5.74, 6) is 0.759.